The van der Waals surface area contributed by atoms with Gasteiger partial charge in [-0.25, -0.2) is 12.7 Å². The Morgan fingerprint density at radius 3 is 2.38 bits per heavy atom. The zero-order valence-corrected chi connectivity index (χ0v) is 12.3. The highest BCUT2D eigenvalue weighted by atomic mass is 35.5. The molecule has 0 spiro atoms. The average molecular weight is 346 g/mol. The van der Waals surface area contributed by atoms with E-state index in [9.17, 15) is 26.4 Å². The van der Waals surface area contributed by atoms with E-state index in [4.69, 9.17) is 16.7 Å². The summed E-state index contributed by atoms with van der Waals surface area (Å²) in [6, 6.07) is 1.94. The number of carboxylic acid groups (broad SMARTS) is 1. The summed E-state index contributed by atoms with van der Waals surface area (Å²) in [6.07, 6.45) is -5.21. The van der Waals surface area contributed by atoms with Crippen molar-refractivity contribution < 1.29 is 31.5 Å². The molecule has 0 atom stereocenters. The van der Waals surface area contributed by atoms with Crippen LogP contribution in [0.3, 0.4) is 0 Å². The van der Waals surface area contributed by atoms with E-state index in [0.29, 0.717) is 16.4 Å². The first kappa shape index (κ1) is 17.7. The Labute approximate surface area is 124 Å². The van der Waals surface area contributed by atoms with Crippen molar-refractivity contribution in [3.05, 3.63) is 28.8 Å². The number of nitrogens with zero attached hydrogens (tertiary/aromatic N) is 1. The molecule has 118 valence electrons. The van der Waals surface area contributed by atoms with Gasteiger partial charge in [0, 0.05) is 18.6 Å². The van der Waals surface area contributed by atoms with Crippen LogP contribution >= 0.6 is 11.6 Å². The Hall–Kier alpha value is -1.32. The van der Waals surface area contributed by atoms with Crippen molar-refractivity contribution in [2.75, 3.05) is 13.6 Å². The van der Waals surface area contributed by atoms with Gasteiger partial charge in [-0.3, -0.25) is 4.79 Å². The lowest BCUT2D eigenvalue weighted by molar-refractivity contribution is -0.138. The quantitative estimate of drug-likeness (QED) is 0.889. The summed E-state index contributed by atoms with van der Waals surface area (Å²) in [4.78, 5) is 9.77. The van der Waals surface area contributed by atoms with Crippen molar-refractivity contribution in [3.63, 3.8) is 0 Å². The van der Waals surface area contributed by atoms with Crippen molar-refractivity contribution >= 4 is 27.6 Å². The van der Waals surface area contributed by atoms with Gasteiger partial charge in [-0.05, 0) is 18.2 Å². The first-order valence-corrected chi connectivity index (χ1v) is 7.32. The number of hydrogen-bond donors (Lipinski definition) is 1. The second-order valence-corrected chi connectivity index (χ2v) is 6.63. The molecule has 10 heteroatoms. The molecule has 21 heavy (non-hydrogen) atoms. The van der Waals surface area contributed by atoms with Gasteiger partial charge < -0.3 is 5.11 Å². The molecule has 0 saturated carbocycles. The molecule has 0 aliphatic rings. The predicted octanol–water partition coefficient (Wildman–Crippen LogP) is 2.45. The maximum atomic E-state index is 12.6. The van der Waals surface area contributed by atoms with Crippen LogP contribution in [0, 0.1) is 0 Å². The van der Waals surface area contributed by atoms with E-state index < -0.39 is 39.0 Å². The van der Waals surface area contributed by atoms with Gasteiger partial charge in [-0.1, -0.05) is 11.6 Å². The monoisotopic (exact) mass is 345 g/mol. The zero-order valence-electron chi connectivity index (χ0n) is 10.7. The van der Waals surface area contributed by atoms with E-state index in [1.807, 2.05) is 0 Å². The summed E-state index contributed by atoms with van der Waals surface area (Å²) in [5.74, 6) is -1.22. The van der Waals surface area contributed by atoms with E-state index >= 15 is 0 Å². The van der Waals surface area contributed by atoms with Crippen LogP contribution in [0.1, 0.15) is 12.0 Å². The fourth-order valence-electron chi connectivity index (χ4n) is 1.43. The summed E-state index contributed by atoms with van der Waals surface area (Å²) in [6.45, 7) is -0.370. The molecule has 1 rings (SSSR count). The number of benzene rings is 1. The van der Waals surface area contributed by atoms with Crippen LogP contribution < -0.4 is 0 Å². The fourth-order valence-corrected chi connectivity index (χ4v) is 2.97. The molecule has 0 unspecified atom stereocenters. The minimum absolute atomic E-state index is 0.370. The van der Waals surface area contributed by atoms with Crippen molar-refractivity contribution in [1.82, 2.24) is 4.31 Å². The van der Waals surface area contributed by atoms with E-state index in [0.717, 1.165) is 13.1 Å². The third kappa shape index (κ3) is 4.58. The van der Waals surface area contributed by atoms with Gasteiger partial charge in [0.25, 0.3) is 0 Å². The molecular formula is C11H11ClF3NO4S. The van der Waals surface area contributed by atoms with Crippen LogP contribution in [0.4, 0.5) is 13.2 Å². The van der Waals surface area contributed by atoms with E-state index in [2.05, 4.69) is 0 Å². The van der Waals surface area contributed by atoms with Crippen LogP contribution in [0.15, 0.2) is 23.1 Å². The van der Waals surface area contributed by atoms with Gasteiger partial charge in [-0.15, -0.1) is 0 Å². The van der Waals surface area contributed by atoms with Crippen LogP contribution in [0.25, 0.3) is 0 Å². The number of alkyl halides is 3. The highest BCUT2D eigenvalue weighted by molar-refractivity contribution is 7.89. The number of hydrogen-bond acceptors (Lipinski definition) is 3. The summed E-state index contributed by atoms with van der Waals surface area (Å²) in [7, 11) is -3.18. The number of carboxylic acids is 1. The maximum Gasteiger partial charge on any atom is 0.416 e. The molecule has 1 N–H and O–H groups in total. The van der Waals surface area contributed by atoms with E-state index in [1.165, 1.54) is 0 Å². The molecule has 0 heterocycles. The molecule has 0 saturated heterocycles. The SMILES string of the molecule is CN(CCC(=O)O)S(=O)(=O)c1cc(Cl)cc(C(F)(F)F)c1. The lowest BCUT2D eigenvalue weighted by Gasteiger charge is -2.17. The first-order valence-electron chi connectivity index (χ1n) is 5.50. The molecule has 0 amide bonds. The van der Waals surface area contributed by atoms with Gasteiger partial charge in [0.05, 0.1) is 16.9 Å². The molecule has 0 aromatic heterocycles. The summed E-state index contributed by atoms with van der Waals surface area (Å²) < 4.78 is 62.8. The van der Waals surface area contributed by atoms with Crippen LogP contribution in [0.2, 0.25) is 5.02 Å². The second-order valence-electron chi connectivity index (χ2n) is 4.14. The van der Waals surface area contributed by atoms with Crippen LogP contribution in [0.5, 0.6) is 0 Å². The molecule has 0 bridgehead atoms. The second kappa shape index (κ2) is 6.20. The van der Waals surface area contributed by atoms with Gasteiger partial charge in [0.2, 0.25) is 10.0 Å². The topological polar surface area (TPSA) is 74.7 Å². The number of rotatable bonds is 5. The molecule has 5 nitrogen and oxygen atoms in total. The molecule has 1 aromatic carbocycles. The molecule has 0 aliphatic carbocycles. The number of halogens is 4. The molecule has 0 aliphatic heterocycles. The summed E-state index contributed by atoms with van der Waals surface area (Å²) in [5.41, 5.74) is -1.19. The smallest absolute Gasteiger partial charge is 0.416 e. The fraction of sp³-hybridized carbons (Fsp3) is 0.364. The number of sulfonamides is 1. The third-order valence-electron chi connectivity index (χ3n) is 2.55. The lowest BCUT2D eigenvalue weighted by atomic mass is 10.2. The van der Waals surface area contributed by atoms with Crippen LogP contribution in [-0.4, -0.2) is 37.4 Å². The van der Waals surface area contributed by atoms with Crippen molar-refractivity contribution in [2.45, 2.75) is 17.5 Å². The molecule has 1 aromatic rings. The largest absolute Gasteiger partial charge is 0.481 e. The predicted molar refractivity (Wildman–Crippen MR) is 68.5 cm³/mol. The highest BCUT2D eigenvalue weighted by Gasteiger charge is 2.33. The Morgan fingerprint density at radius 2 is 1.90 bits per heavy atom. The highest BCUT2D eigenvalue weighted by Crippen LogP contribution is 2.33. The summed E-state index contributed by atoms with van der Waals surface area (Å²) in [5, 5.41) is 8.12. The van der Waals surface area contributed by atoms with Gasteiger partial charge in [0.1, 0.15) is 0 Å². The Balaban J connectivity index is 3.19. The van der Waals surface area contributed by atoms with Crippen molar-refractivity contribution in [1.29, 1.82) is 0 Å². The van der Waals surface area contributed by atoms with Gasteiger partial charge in [-0.2, -0.15) is 13.2 Å². The van der Waals surface area contributed by atoms with E-state index in [1.54, 1.807) is 0 Å². The summed E-state index contributed by atoms with van der Waals surface area (Å²) >= 11 is 5.52. The lowest BCUT2D eigenvalue weighted by Crippen LogP contribution is -2.29. The molecule has 0 fully saturated rings. The Bertz CT molecular complexity index is 645. The zero-order chi connectivity index (χ0) is 16.4. The Morgan fingerprint density at radius 1 is 1.33 bits per heavy atom. The average Bonchev–Trinajstić information content (AvgIpc) is 2.33. The minimum Gasteiger partial charge on any atom is -0.481 e. The molecular weight excluding hydrogens is 335 g/mol. The maximum absolute atomic E-state index is 12.6. The Kier molecular flexibility index (Phi) is 5.24. The standard InChI is InChI=1S/C11H11ClF3NO4S/c1-16(3-2-10(17)18)21(19,20)9-5-7(11(13,14)15)4-8(12)6-9/h4-6H,2-3H2,1H3,(H,17,18). The third-order valence-corrected chi connectivity index (χ3v) is 4.60. The minimum atomic E-state index is -4.74. The number of aliphatic carboxylic acids is 1. The van der Waals surface area contributed by atoms with E-state index in [-0.39, 0.29) is 11.6 Å². The van der Waals surface area contributed by atoms with Gasteiger partial charge >= 0.3 is 12.1 Å². The first-order chi connectivity index (χ1) is 9.44. The van der Waals surface area contributed by atoms with Gasteiger partial charge in [0.15, 0.2) is 0 Å². The number of carbonyl (C=O) groups is 1. The molecule has 0 radical (unpaired) electrons. The van der Waals surface area contributed by atoms with Crippen LogP contribution in [-0.2, 0) is 21.0 Å². The normalized spacial score (nSPS) is 12.7. The van der Waals surface area contributed by atoms with Crippen molar-refractivity contribution in [2.24, 2.45) is 0 Å². The van der Waals surface area contributed by atoms with Crippen molar-refractivity contribution in [3.8, 4) is 0 Å².